The summed E-state index contributed by atoms with van der Waals surface area (Å²) < 4.78 is 11.3. The molecule has 0 saturated carbocycles. The number of likely N-dealkylation sites (N-methyl/N-ethyl adjacent to an activating group) is 2. The Morgan fingerprint density at radius 2 is 2.18 bits per heavy atom. The van der Waals surface area contributed by atoms with Gasteiger partial charge in [-0.3, -0.25) is 9.69 Å². The summed E-state index contributed by atoms with van der Waals surface area (Å²) in [6, 6.07) is 0.372. The Hall–Kier alpha value is -0.690. The summed E-state index contributed by atoms with van der Waals surface area (Å²) in [5.74, 6) is -0.0302. The molecule has 2 aliphatic rings. The number of nitrogens with zero attached hydrogens (tertiary/aromatic N) is 2. The summed E-state index contributed by atoms with van der Waals surface area (Å²) in [6.07, 6.45) is 3.10. The van der Waals surface area contributed by atoms with Crippen LogP contribution in [0.3, 0.4) is 0 Å². The molecule has 6 heteroatoms. The lowest BCUT2D eigenvalue weighted by molar-refractivity contribution is -0.135. The summed E-state index contributed by atoms with van der Waals surface area (Å²) in [5, 5.41) is 3.02. The second-order valence-corrected chi connectivity index (χ2v) is 6.61. The first-order valence-electron chi connectivity index (χ1n) is 8.46. The Bertz CT molecular complexity index is 348. The van der Waals surface area contributed by atoms with Crippen LogP contribution in [0.4, 0.5) is 0 Å². The first kappa shape index (κ1) is 17.7. The fraction of sp³-hybridized carbons (Fsp3) is 0.938. The van der Waals surface area contributed by atoms with Crippen molar-refractivity contribution in [3.05, 3.63) is 0 Å². The first-order chi connectivity index (χ1) is 10.6. The van der Waals surface area contributed by atoms with Crippen molar-refractivity contribution in [3.8, 4) is 0 Å². The van der Waals surface area contributed by atoms with Crippen LogP contribution >= 0.6 is 0 Å². The topological polar surface area (TPSA) is 54.0 Å². The number of piperazine rings is 1. The van der Waals surface area contributed by atoms with Crippen LogP contribution in [0.5, 0.6) is 0 Å². The van der Waals surface area contributed by atoms with E-state index in [9.17, 15) is 4.79 Å². The van der Waals surface area contributed by atoms with Crippen LogP contribution in [0.15, 0.2) is 0 Å². The van der Waals surface area contributed by atoms with Gasteiger partial charge in [0.05, 0.1) is 12.7 Å². The van der Waals surface area contributed by atoms with Gasteiger partial charge in [-0.25, -0.2) is 0 Å². The first-order valence-corrected chi connectivity index (χ1v) is 8.46. The molecule has 0 aromatic carbocycles. The van der Waals surface area contributed by atoms with Gasteiger partial charge in [0.1, 0.15) is 6.10 Å². The summed E-state index contributed by atoms with van der Waals surface area (Å²) in [4.78, 5) is 16.7. The van der Waals surface area contributed by atoms with Crippen LogP contribution in [0.25, 0.3) is 0 Å². The van der Waals surface area contributed by atoms with E-state index < -0.39 is 6.10 Å². The molecule has 0 bridgehead atoms. The third-order valence-electron chi connectivity index (χ3n) is 4.67. The van der Waals surface area contributed by atoms with Crippen molar-refractivity contribution in [2.75, 3.05) is 53.5 Å². The molecule has 2 aliphatic heterocycles. The third kappa shape index (κ3) is 5.50. The van der Waals surface area contributed by atoms with Gasteiger partial charge in [0.25, 0.3) is 0 Å². The van der Waals surface area contributed by atoms with Crippen molar-refractivity contribution in [1.82, 2.24) is 15.1 Å². The van der Waals surface area contributed by atoms with Gasteiger partial charge < -0.3 is 19.7 Å². The molecular formula is C16H31N3O3. The average molecular weight is 313 g/mol. The minimum atomic E-state index is -0.419. The predicted molar refractivity (Wildman–Crippen MR) is 85.9 cm³/mol. The highest BCUT2D eigenvalue weighted by molar-refractivity contribution is 5.80. The highest BCUT2D eigenvalue weighted by Gasteiger charge is 2.24. The van der Waals surface area contributed by atoms with Gasteiger partial charge in [-0.15, -0.1) is 0 Å². The second kappa shape index (κ2) is 8.82. The largest absolute Gasteiger partial charge is 0.376 e. The molecule has 1 N–H and O–H groups in total. The summed E-state index contributed by atoms with van der Waals surface area (Å²) in [5.41, 5.74) is 0. The number of hydrogen-bond donors (Lipinski definition) is 1. The minimum absolute atomic E-state index is 0.0302. The van der Waals surface area contributed by atoms with Crippen molar-refractivity contribution in [2.24, 2.45) is 0 Å². The van der Waals surface area contributed by atoms with Crippen LogP contribution in [0.2, 0.25) is 0 Å². The maximum Gasteiger partial charge on any atom is 0.248 e. The van der Waals surface area contributed by atoms with Gasteiger partial charge in [0.15, 0.2) is 0 Å². The van der Waals surface area contributed by atoms with Crippen molar-refractivity contribution in [1.29, 1.82) is 0 Å². The van der Waals surface area contributed by atoms with Crippen LogP contribution in [0.1, 0.15) is 26.2 Å². The average Bonchev–Trinajstić information content (AvgIpc) is 2.54. The van der Waals surface area contributed by atoms with Crippen LogP contribution in [0, 0.1) is 0 Å². The number of carbonyl (C=O) groups is 1. The summed E-state index contributed by atoms with van der Waals surface area (Å²) >= 11 is 0. The fourth-order valence-electron chi connectivity index (χ4n) is 2.95. The Kier molecular flexibility index (Phi) is 7.08. The number of hydrogen-bond acceptors (Lipinski definition) is 5. The quantitative estimate of drug-likeness (QED) is 0.765. The molecule has 2 saturated heterocycles. The number of ether oxygens (including phenoxy) is 2. The number of rotatable bonds is 6. The normalized spacial score (nSPS) is 29.2. The van der Waals surface area contributed by atoms with Gasteiger partial charge in [-0.2, -0.15) is 0 Å². The van der Waals surface area contributed by atoms with E-state index in [4.69, 9.17) is 9.47 Å². The molecule has 0 radical (unpaired) electrons. The van der Waals surface area contributed by atoms with Crippen molar-refractivity contribution in [3.63, 3.8) is 0 Å². The predicted octanol–water partition coefficient (Wildman–Crippen LogP) is 0.323. The number of carbonyl (C=O) groups excluding carboxylic acids is 1. The molecule has 0 aromatic heterocycles. The molecule has 22 heavy (non-hydrogen) atoms. The molecule has 0 aromatic rings. The van der Waals surface area contributed by atoms with Gasteiger partial charge in [-0.1, -0.05) is 0 Å². The van der Waals surface area contributed by atoms with Crippen molar-refractivity contribution < 1.29 is 14.3 Å². The highest BCUT2D eigenvalue weighted by atomic mass is 16.5. The van der Waals surface area contributed by atoms with Crippen LogP contribution in [-0.4, -0.2) is 87.4 Å². The van der Waals surface area contributed by atoms with E-state index in [1.165, 1.54) is 6.42 Å². The molecule has 2 rings (SSSR count). The molecule has 1 amide bonds. The zero-order valence-corrected chi connectivity index (χ0v) is 14.2. The molecule has 0 spiro atoms. The highest BCUT2D eigenvalue weighted by Crippen LogP contribution is 2.13. The van der Waals surface area contributed by atoms with Gasteiger partial charge in [0, 0.05) is 38.8 Å². The zero-order valence-electron chi connectivity index (χ0n) is 14.2. The Labute approximate surface area is 134 Å². The molecule has 2 heterocycles. The van der Waals surface area contributed by atoms with Crippen molar-refractivity contribution >= 4 is 5.91 Å². The summed E-state index contributed by atoms with van der Waals surface area (Å²) in [6.45, 7) is 6.94. The lowest BCUT2D eigenvalue weighted by Gasteiger charge is -2.37. The lowest BCUT2D eigenvalue weighted by Crippen LogP contribution is -2.55. The second-order valence-electron chi connectivity index (χ2n) is 6.61. The minimum Gasteiger partial charge on any atom is -0.376 e. The monoisotopic (exact) mass is 313 g/mol. The smallest absolute Gasteiger partial charge is 0.248 e. The maximum atomic E-state index is 12.1. The molecule has 0 aliphatic carbocycles. The van der Waals surface area contributed by atoms with E-state index in [1.807, 2.05) is 6.92 Å². The Balaban J connectivity index is 1.65. The van der Waals surface area contributed by atoms with Gasteiger partial charge in [0.2, 0.25) is 5.91 Å². The molecule has 128 valence electrons. The standard InChI is InChI=1S/C16H31N3O3/c1-13(22-12-15-6-4-5-9-21-15)16(20)17-10-14-11-18(2)7-8-19(14)3/h13-15H,4-12H2,1-3H3,(H,17,20)/t13-,14+,15-/m0/s1. The van der Waals surface area contributed by atoms with E-state index in [0.29, 0.717) is 19.2 Å². The van der Waals surface area contributed by atoms with Crippen LogP contribution in [-0.2, 0) is 14.3 Å². The molecule has 3 atom stereocenters. The van der Waals surface area contributed by atoms with E-state index >= 15 is 0 Å². The Morgan fingerprint density at radius 1 is 1.36 bits per heavy atom. The SMILES string of the molecule is C[C@H](OC[C@@H]1CCCCO1)C(=O)NC[C@@H]1CN(C)CCN1C. The van der Waals surface area contributed by atoms with E-state index in [0.717, 1.165) is 39.1 Å². The number of amides is 1. The van der Waals surface area contributed by atoms with Crippen molar-refractivity contribution in [2.45, 2.75) is 44.4 Å². The number of nitrogens with one attached hydrogen (secondary N) is 1. The lowest BCUT2D eigenvalue weighted by atomic mass is 10.1. The fourth-order valence-corrected chi connectivity index (χ4v) is 2.95. The van der Waals surface area contributed by atoms with Crippen LogP contribution < -0.4 is 5.32 Å². The zero-order chi connectivity index (χ0) is 15.9. The molecule has 6 nitrogen and oxygen atoms in total. The van der Waals surface area contributed by atoms with Gasteiger partial charge in [-0.05, 0) is 40.3 Å². The molecular weight excluding hydrogens is 282 g/mol. The van der Waals surface area contributed by atoms with Gasteiger partial charge >= 0.3 is 0 Å². The Morgan fingerprint density at radius 3 is 2.91 bits per heavy atom. The molecule has 0 unspecified atom stereocenters. The molecule has 2 fully saturated rings. The third-order valence-corrected chi connectivity index (χ3v) is 4.67. The maximum absolute atomic E-state index is 12.1. The summed E-state index contributed by atoms with van der Waals surface area (Å²) in [7, 11) is 4.24. The van der Waals surface area contributed by atoms with E-state index in [-0.39, 0.29) is 12.0 Å². The van der Waals surface area contributed by atoms with E-state index in [2.05, 4.69) is 29.2 Å². The van der Waals surface area contributed by atoms with E-state index in [1.54, 1.807) is 0 Å².